The van der Waals surface area contributed by atoms with Gasteiger partial charge in [-0.2, -0.15) is 5.21 Å². The summed E-state index contributed by atoms with van der Waals surface area (Å²) in [4.78, 5) is 0. The number of nitrogens with zero attached hydrogens (tertiary/aromatic N) is 3. The quantitative estimate of drug-likeness (QED) is 0.891. The summed E-state index contributed by atoms with van der Waals surface area (Å²) in [5.74, 6) is 0.313. The van der Waals surface area contributed by atoms with Crippen LogP contribution in [0.15, 0.2) is 22.7 Å². The van der Waals surface area contributed by atoms with Gasteiger partial charge in [-0.1, -0.05) is 27.2 Å². The second-order valence-corrected chi connectivity index (χ2v) is 4.08. The lowest BCUT2D eigenvalue weighted by Gasteiger charge is -2.04. The van der Waals surface area contributed by atoms with E-state index in [1.807, 2.05) is 0 Å². The maximum absolute atomic E-state index is 13.4. The van der Waals surface area contributed by atoms with Gasteiger partial charge in [0.15, 0.2) is 5.82 Å². The van der Waals surface area contributed by atoms with E-state index in [1.54, 1.807) is 12.1 Å². The molecular weight excluding hydrogens is 277 g/mol. The Bertz CT molecular complexity index is 459. The molecule has 0 saturated heterocycles. The van der Waals surface area contributed by atoms with Gasteiger partial charge in [0.1, 0.15) is 5.82 Å². The average molecular weight is 286 g/mol. The van der Waals surface area contributed by atoms with Crippen LogP contribution in [0.1, 0.15) is 11.4 Å². The first-order valence-corrected chi connectivity index (χ1v) is 5.42. The van der Waals surface area contributed by atoms with Gasteiger partial charge in [-0.3, -0.25) is 0 Å². The third kappa shape index (κ3) is 2.83. The van der Waals surface area contributed by atoms with Gasteiger partial charge in [0, 0.05) is 16.6 Å². The number of halogens is 2. The summed E-state index contributed by atoms with van der Waals surface area (Å²) >= 11 is 3.20. The Hall–Kier alpha value is -1.34. The van der Waals surface area contributed by atoms with E-state index in [9.17, 15) is 4.39 Å². The van der Waals surface area contributed by atoms with Gasteiger partial charge in [0.25, 0.3) is 0 Å². The number of aromatic nitrogens is 4. The summed E-state index contributed by atoms with van der Waals surface area (Å²) in [6.45, 7) is 0.875. The van der Waals surface area contributed by atoms with Crippen LogP contribution < -0.4 is 5.32 Å². The van der Waals surface area contributed by atoms with Crippen molar-refractivity contribution in [1.29, 1.82) is 0 Å². The molecule has 0 aliphatic rings. The highest BCUT2D eigenvalue weighted by Gasteiger charge is 2.03. The summed E-state index contributed by atoms with van der Waals surface area (Å²) in [5.41, 5.74) is 0.603. The zero-order chi connectivity index (χ0) is 11.4. The molecule has 0 aliphatic carbocycles. The van der Waals surface area contributed by atoms with Crippen LogP contribution in [0.25, 0.3) is 0 Å². The van der Waals surface area contributed by atoms with E-state index < -0.39 is 0 Å². The lowest BCUT2D eigenvalue weighted by Crippen LogP contribution is -2.14. The van der Waals surface area contributed by atoms with E-state index in [2.05, 4.69) is 41.9 Å². The summed E-state index contributed by atoms with van der Waals surface area (Å²) < 4.78 is 14.1. The van der Waals surface area contributed by atoms with Gasteiger partial charge in [-0.25, -0.2) is 4.39 Å². The van der Waals surface area contributed by atoms with Crippen LogP contribution in [0.2, 0.25) is 0 Å². The van der Waals surface area contributed by atoms with Crippen molar-refractivity contribution in [3.8, 4) is 0 Å². The van der Waals surface area contributed by atoms with Crippen LogP contribution in [0.4, 0.5) is 4.39 Å². The normalized spacial score (nSPS) is 10.6. The zero-order valence-electron chi connectivity index (χ0n) is 8.24. The summed E-state index contributed by atoms with van der Waals surface area (Å²) in [6, 6.07) is 4.96. The molecule has 1 heterocycles. The number of hydrogen-bond donors (Lipinski definition) is 2. The van der Waals surface area contributed by atoms with Crippen molar-refractivity contribution in [2.45, 2.75) is 13.1 Å². The Labute approximate surface area is 99.6 Å². The third-order valence-electron chi connectivity index (χ3n) is 2.00. The van der Waals surface area contributed by atoms with Gasteiger partial charge in [-0.15, -0.1) is 10.2 Å². The van der Waals surface area contributed by atoms with Crippen LogP contribution >= 0.6 is 15.9 Å². The number of hydrogen-bond acceptors (Lipinski definition) is 4. The Kier molecular flexibility index (Phi) is 3.58. The lowest BCUT2D eigenvalue weighted by molar-refractivity contribution is 0.582. The number of aromatic amines is 1. The Morgan fingerprint density at radius 2 is 2.25 bits per heavy atom. The highest BCUT2D eigenvalue weighted by Crippen LogP contribution is 2.14. The molecule has 0 amide bonds. The molecule has 0 saturated carbocycles. The summed E-state index contributed by atoms with van der Waals surface area (Å²) in [6.07, 6.45) is 0. The molecule has 0 unspecified atom stereocenters. The fraction of sp³-hybridized carbons (Fsp3) is 0.222. The molecule has 1 aromatic heterocycles. The molecule has 5 nitrogen and oxygen atoms in total. The van der Waals surface area contributed by atoms with Crippen LogP contribution in [-0.2, 0) is 13.1 Å². The molecule has 0 fully saturated rings. The van der Waals surface area contributed by atoms with Crippen LogP contribution in [-0.4, -0.2) is 20.6 Å². The second kappa shape index (κ2) is 5.13. The second-order valence-electron chi connectivity index (χ2n) is 3.17. The van der Waals surface area contributed by atoms with Gasteiger partial charge in [0.2, 0.25) is 0 Å². The van der Waals surface area contributed by atoms with E-state index in [4.69, 9.17) is 0 Å². The summed E-state index contributed by atoms with van der Waals surface area (Å²) in [5, 5.41) is 16.3. The number of H-pyrrole nitrogens is 1. The molecule has 16 heavy (non-hydrogen) atoms. The average Bonchev–Trinajstić information content (AvgIpc) is 2.74. The van der Waals surface area contributed by atoms with Gasteiger partial charge in [-0.05, 0) is 12.1 Å². The number of nitrogens with one attached hydrogen (secondary N) is 2. The Balaban J connectivity index is 1.90. The van der Waals surface area contributed by atoms with E-state index in [1.165, 1.54) is 6.07 Å². The molecular formula is C9H9BrFN5. The number of rotatable bonds is 4. The molecule has 0 spiro atoms. The first kappa shape index (κ1) is 11.2. The lowest BCUT2D eigenvalue weighted by atomic mass is 10.2. The minimum atomic E-state index is -0.241. The van der Waals surface area contributed by atoms with Gasteiger partial charge < -0.3 is 5.32 Å². The minimum Gasteiger partial charge on any atom is -0.305 e. The molecule has 1 aromatic carbocycles. The van der Waals surface area contributed by atoms with E-state index >= 15 is 0 Å². The topological polar surface area (TPSA) is 66.5 Å². The van der Waals surface area contributed by atoms with E-state index in [0.29, 0.717) is 24.5 Å². The van der Waals surface area contributed by atoms with Crippen LogP contribution in [0, 0.1) is 5.82 Å². The fourth-order valence-corrected chi connectivity index (χ4v) is 1.56. The van der Waals surface area contributed by atoms with Crippen molar-refractivity contribution in [3.05, 3.63) is 39.9 Å². The SMILES string of the molecule is Fc1cc(Br)ccc1CNCc1nn[nH]n1. The maximum Gasteiger partial charge on any atom is 0.188 e. The van der Waals surface area contributed by atoms with Crippen LogP contribution in [0.3, 0.4) is 0 Å². The molecule has 0 bridgehead atoms. The highest BCUT2D eigenvalue weighted by molar-refractivity contribution is 9.10. The Morgan fingerprint density at radius 1 is 1.38 bits per heavy atom. The van der Waals surface area contributed by atoms with E-state index in [-0.39, 0.29) is 5.82 Å². The molecule has 84 valence electrons. The first-order valence-electron chi connectivity index (χ1n) is 4.62. The first-order chi connectivity index (χ1) is 7.75. The largest absolute Gasteiger partial charge is 0.305 e. The zero-order valence-corrected chi connectivity index (χ0v) is 9.83. The van der Waals surface area contributed by atoms with Crippen molar-refractivity contribution in [2.75, 3.05) is 0 Å². The monoisotopic (exact) mass is 285 g/mol. The van der Waals surface area contributed by atoms with Crippen molar-refractivity contribution in [3.63, 3.8) is 0 Å². The predicted molar refractivity (Wildman–Crippen MR) is 58.8 cm³/mol. The van der Waals surface area contributed by atoms with Crippen molar-refractivity contribution in [2.24, 2.45) is 0 Å². The molecule has 0 atom stereocenters. The molecule has 2 N–H and O–H groups in total. The summed E-state index contributed by atoms with van der Waals surface area (Å²) in [7, 11) is 0. The van der Waals surface area contributed by atoms with Gasteiger partial charge >= 0.3 is 0 Å². The maximum atomic E-state index is 13.4. The predicted octanol–water partition coefficient (Wildman–Crippen LogP) is 1.39. The third-order valence-corrected chi connectivity index (χ3v) is 2.50. The van der Waals surface area contributed by atoms with E-state index in [0.717, 1.165) is 4.47 Å². The smallest absolute Gasteiger partial charge is 0.188 e. The Morgan fingerprint density at radius 3 is 2.94 bits per heavy atom. The van der Waals surface area contributed by atoms with Gasteiger partial charge in [0.05, 0.1) is 6.54 Å². The van der Waals surface area contributed by atoms with Crippen molar-refractivity contribution in [1.82, 2.24) is 25.9 Å². The molecule has 0 aliphatic heterocycles. The van der Waals surface area contributed by atoms with Crippen molar-refractivity contribution >= 4 is 15.9 Å². The molecule has 0 radical (unpaired) electrons. The van der Waals surface area contributed by atoms with Crippen LogP contribution in [0.5, 0.6) is 0 Å². The fourth-order valence-electron chi connectivity index (χ4n) is 1.23. The standard InChI is InChI=1S/C9H9BrFN5/c10-7-2-1-6(8(11)3-7)4-12-5-9-13-15-16-14-9/h1-3,12H,4-5H2,(H,13,14,15,16). The number of tetrazole rings is 1. The van der Waals surface area contributed by atoms with Crippen molar-refractivity contribution < 1.29 is 4.39 Å². The molecule has 2 aromatic rings. The highest BCUT2D eigenvalue weighted by atomic mass is 79.9. The molecule has 7 heteroatoms. The number of benzene rings is 1. The minimum absolute atomic E-state index is 0.241. The molecule has 2 rings (SSSR count).